The zero-order valence-electron chi connectivity index (χ0n) is 13.0. The SMILES string of the molecule is COC(=O)[C@@H](C)N1C(=O)S/C(=C\c2cc(OC)c(O)cc2Br)C1=O. The fraction of sp³-hybridized carbons (Fsp3) is 0.267. The molecule has 0 aliphatic carbocycles. The fourth-order valence-electron chi connectivity index (χ4n) is 2.06. The molecule has 1 fully saturated rings. The summed E-state index contributed by atoms with van der Waals surface area (Å²) < 4.78 is 10.1. The zero-order chi connectivity index (χ0) is 18.0. The van der Waals surface area contributed by atoms with Crippen molar-refractivity contribution in [1.82, 2.24) is 4.90 Å². The van der Waals surface area contributed by atoms with Crippen LogP contribution in [0.3, 0.4) is 0 Å². The second-order valence-electron chi connectivity index (χ2n) is 4.80. The smallest absolute Gasteiger partial charge is 0.328 e. The van der Waals surface area contributed by atoms with Gasteiger partial charge in [-0.15, -0.1) is 0 Å². The quantitative estimate of drug-likeness (QED) is 0.596. The van der Waals surface area contributed by atoms with Crippen LogP contribution in [-0.2, 0) is 14.3 Å². The topological polar surface area (TPSA) is 93.1 Å². The summed E-state index contributed by atoms with van der Waals surface area (Å²) in [5, 5.41) is 9.16. The zero-order valence-corrected chi connectivity index (χ0v) is 15.4. The maximum atomic E-state index is 12.4. The highest BCUT2D eigenvalue weighted by molar-refractivity contribution is 9.10. The van der Waals surface area contributed by atoms with Crippen LogP contribution in [0.2, 0.25) is 0 Å². The van der Waals surface area contributed by atoms with Gasteiger partial charge in [0.1, 0.15) is 6.04 Å². The molecule has 0 unspecified atom stereocenters. The Morgan fingerprint density at radius 2 is 2.04 bits per heavy atom. The molecular weight excluding hydrogens is 402 g/mol. The first-order valence-electron chi connectivity index (χ1n) is 6.71. The average molecular weight is 416 g/mol. The van der Waals surface area contributed by atoms with Gasteiger partial charge in [-0.2, -0.15) is 0 Å². The molecule has 1 aromatic carbocycles. The summed E-state index contributed by atoms with van der Waals surface area (Å²) in [6, 6.07) is 1.94. The molecule has 1 saturated heterocycles. The van der Waals surface area contributed by atoms with E-state index >= 15 is 0 Å². The normalized spacial score (nSPS) is 17.3. The monoisotopic (exact) mass is 415 g/mol. The molecule has 1 aliphatic heterocycles. The van der Waals surface area contributed by atoms with Crippen molar-refractivity contribution in [3.05, 3.63) is 27.1 Å². The van der Waals surface area contributed by atoms with E-state index < -0.39 is 23.2 Å². The van der Waals surface area contributed by atoms with Crippen LogP contribution in [0, 0.1) is 0 Å². The minimum Gasteiger partial charge on any atom is -0.504 e. The fourth-order valence-corrected chi connectivity index (χ4v) is 3.41. The third-order valence-electron chi connectivity index (χ3n) is 3.34. The van der Waals surface area contributed by atoms with E-state index in [1.54, 1.807) is 0 Å². The van der Waals surface area contributed by atoms with Gasteiger partial charge in [-0.3, -0.25) is 14.5 Å². The number of ether oxygens (including phenoxy) is 2. The van der Waals surface area contributed by atoms with Gasteiger partial charge in [0, 0.05) is 4.47 Å². The minimum atomic E-state index is -1.01. The van der Waals surface area contributed by atoms with E-state index in [1.165, 1.54) is 39.4 Å². The molecule has 1 aliphatic rings. The van der Waals surface area contributed by atoms with Gasteiger partial charge in [0.2, 0.25) is 0 Å². The molecule has 1 heterocycles. The number of phenolic OH excluding ortho intramolecular Hbond substituents is 1. The standard InChI is InChI=1S/C15H14BrNO6S/c1-7(14(20)23-3)17-13(19)12(24-15(17)21)5-8-4-11(22-2)10(18)6-9(8)16/h4-7,18H,1-3H3/b12-5-/t7-/m1/s1. The summed E-state index contributed by atoms with van der Waals surface area (Å²) in [6.45, 7) is 1.42. The number of thioether (sulfide) groups is 1. The number of halogens is 1. The number of hydrogen-bond donors (Lipinski definition) is 1. The van der Waals surface area contributed by atoms with Crippen molar-refractivity contribution in [2.45, 2.75) is 13.0 Å². The van der Waals surface area contributed by atoms with Crippen molar-refractivity contribution in [3.63, 3.8) is 0 Å². The largest absolute Gasteiger partial charge is 0.504 e. The van der Waals surface area contributed by atoms with Gasteiger partial charge < -0.3 is 14.6 Å². The number of aromatic hydroxyl groups is 1. The molecule has 0 bridgehead atoms. The Hall–Kier alpha value is -2.00. The Morgan fingerprint density at radius 1 is 1.38 bits per heavy atom. The van der Waals surface area contributed by atoms with Gasteiger partial charge >= 0.3 is 5.97 Å². The molecular formula is C15H14BrNO6S. The molecule has 9 heteroatoms. The Kier molecular flexibility index (Phi) is 5.55. The van der Waals surface area contributed by atoms with Gasteiger partial charge in [0.15, 0.2) is 11.5 Å². The Labute approximate surface area is 150 Å². The van der Waals surface area contributed by atoms with E-state index in [9.17, 15) is 19.5 Å². The minimum absolute atomic E-state index is 0.0612. The third kappa shape index (κ3) is 3.41. The lowest BCUT2D eigenvalue weighted by Gasteiger charge is -2.18. The average Bonchev–Trinajstić information content (AvgIpc) is 2.82. The number of benzene rings is 1. The molecule has 1 N–H and O–H groups in total. The van der Waals surface area contributed by atoms with Crippen LogP contribution in [0.15, 0.2) is 21.5 Å². The highest BCUT2D eigenvalue weighted by atomic mass is 79.9. The molecule has 2 amide bonds. The molecule has 7 nitrogen and oxygen atoms in total. The Balaban J connectivity index is 2.37. The lowest BCUT2D eigenvalue weighted by molar-refractivity contribution is -0.148. The molecule has 128 valence electrons. The summed E-state index contributed by atoms with van der Waals surface area (Å²) in [6.07, 6.45) is 1.49. The van der Waals surface area contributed by atoms with Gasteiger partial charge in [0.05, 0.1) is 19.1 Å². The van der Waals surface area contributed by atoms with E-state index in [-0.39, 0.29) is 16.4 Å². The maximum absolute atomic E-state index is 12.4. The summed E-state index contributed by atoms with van der Waals surface area (Å²) in [7, 11) is 2.59. The lowest BCUT2D eigenvalue weighted by atomic mass is 10.1. The summed E-state index contributed by atoms with van der Waals surface area (Å²) >= 11 is 4.00. The van der Waals surface area contributed by atoms with E-state index in [0.717, 1.165) is 16.7 Å². The van der Waals surface area contributed by atoms with Crippen LogP contribution >= 0.6 is 27.7 Å². The van der Waals surface area contributed by atoms with Gasteiger partial charge in [-0.25, -0.2) is 4.79 Å². The first-order chi connectivity index (χ1) is 11.3. The predicted octanol–water partition coefficient (Wildman–Crippen LogP) is 2.76. The molecule has 0 radical (unpaired) electrons. The highest BCUT2D eigenvalue weighted by Gasteiger charge is 2.41. The number of hydrogen-bond acceptors (Lipinski definition) is 7. The lowest BCUT2D eigenvalue weighted by Crippen LogP contribution is -2.42. The number of amides is 2. The van der Waals surface area contributed by atoms with Crippen LogP contribution < -0.4 is 4.74 Å². The third-order valence-corrected chi connectivity index (χ3v) is 4.91. The number of imide groups is 1. The number of phenols is 1. The van der Waals surface area contributed by atoms with Crippen LogP contribution in [0.4, 0.5) is 4.79 Å². The van der Waals surface area contributed by atoms with Gasteiger partial charge in [0.25, 0.3) is 11.1 Å². The Morgan fingerprint density at radius 3 is 2.62 bits per heavy atom. The molecule has 0 aromatic heterocycles. The number of methoxy groups -OCH3 is 2. The van der Waals surface area contributed by atoms with Crippen molar-refractivity contribution in [1.29, 1.82) is 0 Å². The summed E-state index contributed by atoms with van der Waals surface area (Å²) in [5.41, 5.74) is 0.542. The van der Waals surface area contributed by atoms with E-state index in [1.807, 2.05) is 0 Å². The van der Waals surface area contributed by atoms with Crippen LogP contribution in [-0.4, -0.2) is 47.4 Å². The number of esters is 1. The molecule has 0 spiro atoms. The predicted molar refractivity (Wildman–Crippen MR) is 91.6 cm³/mol. The van der Waals surface area contributed by atoms with Crippen molar-refractivity contribution in [2.24, 2.45) is 0 Å². The number of rotatable bonds is 4. The van der Waals surface area contributed by atoms with Crippen molar-refractivity contribution >= 4 is 50.9 Å². The van der Waals surface area contributed by atoms with E-state index in [0.29, 0.717) is 10.0 Å². The molecule has 1 aromatic rings. The van der Waals surface area contributed by atoms with Gasteiger partial charge in [-0.05, 0) is 42.5 Å². The van der Waals surface area contributed by atoms with E-state index in [2.05, 4.69) is 20.7 Å². The summed E-state index contributed by atoms with van der Waals surface area (Å²) in [4.78, 5) is 37.1. The number of carbonyl (C=O) groups excluding carboxylic acids is 3. The maximum Gasteiger partial charge on any atom is 0.328 e. The van der Waals surface area contributed by atoms with Crippen LogP contribution in [0.25, 0.3) is 6.08 Å². The number of carbonyl (C=O) groups is 3. The first-order valence-corrected chi connectivity index (χ1v) is 8.32. The van der Waals surface area contributed by atoms with E-state index in [4.69, 9.17) is 4.74 Å². The second kappa shape index (κ2) is 7.27. The second-order valence-corrected chi connectivity index (χ2v) is 6.64. The Bertz CT molecular complexity index is 748. The van der Waals surface area contributed by atoms with Crippen LogP contribution in [0.5, 0.6) is 11.5 Å². The van der Waals surface area contributed by atoms with Crippen molar-refractivity contribution < 1.29 is 29.0 Å². The van der Waals surface area contributed by atoms with Crippen LogP contribution in [0.1, 0.15) is 12.5 Å². The molecule has 0 saturated carbocycles. The molecule has 1 atom stereocenters. The first kappa shape index (κ1) is 18.3. The van der Waals surface area contributed by atoms with Crippen molar-refractivity contribution in [2.75, 3.05) is 14.2 Å². The summed E-state index contributed by atoms with van der Waals surface area (Å²) in [5.74, 6) is -1.09. The number of nitrogens with zero attached hydrogens (tertiary/aromatic N) is 1. The highest BCUT2D eigenvalue weighted by Crippen LogP contribution is 2.38. The molecule has 24 heavy (non-hydrogen) atoms. The molecule has 2 rings (SSSR count). The van der Waals surface area contributed by atoms with Gasteiger partial charge in [-0.1, -0.05) is 15.9 Å². The van der Waals surface area contributed by atoms with Crippen molar-refractivity contribution in [3.8, 4) is 11.5 Å².